The van der Waals surface area contributed by atoms with Gasteiger partial charge in [0.2, 0.25) is 5.91 Å². The molecule has 2 aromatic rings. The molecule has 4 rings (SSSR count). The molecule has 2 heterocycles. The van der Waals surface area contributed by atoms with Crippen LogP contribution in [0.5, 0.6) is 0 Å². The first kappa shape index (κ1) is 26.0. The van der Waals surface area contributed by atoms with E-state index in [0.717, 1.165) is 5.56 Å². The number of aliphatic hydroxyl groups excluding tert-OH is 1. The minimum absolute atomic E-state index is 0.0991. The maximum atomic E-state index is 13.4. The zero-order valence-electron chi connectivity index (χ0n) is 20.5. The summed E-state index contributed by atoms with van der Waals surface area (Å²) in [6.07, 6.45) is -0.884. The molecule has 36 heavy (non-hydrogen) atoms. The van der Waals surface area contributed by atoms with E-state index in [1.165, 1.54) is 23.1 Å². The Bertz CT molecular complexity index is 1170. The molecule has 192 valence electrons. The summed E-state index contributed by atoms with van der Waals surface area (Å²) in [4.78, 5) is 50.4. The zero-order chi connectivity index (χ0) is 26.3. The highest BCUT2D eigenvalue weighted by Gasteiger charge is 2.65. The van der Waals surface area contributed by atoms with Gasteiger partial charge < -0.3 is 24.9 Å². The number of anilines is 1. The molecular weight excluding hydrogens is 482 g/mol. The van der Waals surface area contributed by atoms with Gasteiger partial charge in [0.25, 0.3) is 11.6 Å². The third kappa shape index (κ3) is 4.54. The normalized spacial score (nSPS) is 25.0. The topological polar surface area (TPSA) is 142 Å². The number of benzene rings is 2. The Hall–Kier alpha value is -3.12. The second kappa shape index (κ2) is 9.73. The van der Waals surface area contributed by atoms with Crippen LogP contribution in [-0.2, 0) is 26.5 Å². The Morgan fingerprint density at radius 2 is 1.94 bits per heavy atom. The Morgan fingerprint density at radius 3 is 2.56 bits per heavy atom. The van der Waals surface area contributed by atoms with Gasteiger partial charge in [-0.3, -0.25) is 19.7 Å². The van der Waals surface area contributed by atoms with Crippen molar-refractivity contribution < 1.29 is 29.2 Å². The summed E-state index contributed by atoms with van der Waals surface area (Å²) in [6, 6.07) is 13.5. The van der Waals surface area contributed by atoms with Crippen LogP contribution in [0.1, 0.15) is 24.5 Å². The monoisotopic (exact) mass is 513 g/mol. The number of rotatable bonds is 8. The van der Waals surface area contributed by atoms with E-state index in [2.05, 4.69) is 5.32 Å². The average Bonchev–Trinajstić information content (AvgIpc) is 3.27. The van der Waals surface area contributed by atoms with E-state index in [9.17, 15) is 29.6 Å². The molecule has 0 saturated carbocycles. The third-order valence-electron chi connectivity index (χ3n) is 7.25. The molecule has 2 aliphatic rings. The summed E-state index contributed by atoms with van der Waals surface area (Å²) in [5, 5.41) is 23.8. The maximum Gasteiger partial charge on any atom is 0.269 e. The van der Waals surface area contributed by atoms with Gasteiger partial charge in [-0.25, -0.2) is 0 Å². The van der Waals surface area contributed by atoms with Gasteiger partial charge in [0.05, 0.1) is 24.1 Å². The molecule has 0 aromatic heterocycles. The second-order valence-corrected chi connectivity index (χ2v) is 14.0. The van der Waals surface area contributed by atoms with Crippen molar-refractivity contribution in [1.29, 1.82) is 0 Å². The molecule has 10 nitrogen and oxygen atoms in total. The summed E-state index contributed by atoms with van der Waals surface area (Å²) in [5.41, 5.74) is -0.540. The van der Waals surface area contributed by atoms with Crippen molar-refractivity contribution in [2.24, 2.45) is 5.92 Å². The number of nitrogens with one attached hydrogen (secondary N) is 1. The number of hydrogen-bond donors (Lipinski definition) is 3. The lowest BCUT2D eigenvalue weighted by Crippen LogP contribution is -2.44. The van der Waals surface area contributed by atoms with E-state index >= 15 is 0 Å². The molecule has 2 aliphatic heterocycles. The highest BCUT2D eigenvalue weighted by Crippen LogP contribution is 2.58. The molecular formula is C25H31N3O7Si. The van der Waals surface area contributed by atoms with Gasteiger partial charge in [-0.15, -0.1) is 0 Å². The van der Waals surface area contributed by atoms with E-state index in [-0.39, 0.29) is 31.2 Å². The first-order valence-electron chi connectivity index (χ1n) is 11.9. The van der Waals surface area contributed by atoms with Crippen LogP contribution in [0.2, 0.25) is 18.6 Å². The minimum Gasteiger partial charge on any atom is -0.432 e. The molecule has 0 unspecified atom stereocenters. The molecule has 1 saturated heterocycles. The van der Waals surface area contributed by atoms with Gasteiger partial charge in [-0.2, -0.15) is 0 Å². The van der Waals surface area contributed by atoms with Crippen LogP contribution in [-0.4, -0.2) is 59.1 Å². The second-order valence-electron chi connectivity index (χ2n) is 10.0. The van der Waals surface area contributed by atoms with Crippen molar-refractivity contribution in [1.82, 2.24) is 4.90 Å². The summed E-state index contributed by atoms with van der Waals surface area (Å²) in [7, 11) is -2.98. The number of ether oxygens (including phenoxy) is 1. The number of aliphatic hydroxyl groups is 1. The smallest absolute Gasteiger partial charge is 0.269 e. The van der Waals surface area contributed by atoms with E-state index < -0.39 is 42.3 Å². The fraction of sp³-hybridized carbons (Fsp3) is 0.440. The van der Waals surface area contributed by atoms with Crippen LogP contribution >= 0.6 is 0 Å². The van der Waals surface area contributed by atoms with E-state index in [1.807, 2.05) is 30.3 Å². The Kier molecular flexibility index (Phi) is 7.02. The number of hydrogen-bond acceptors (Lipinski definition) is 7. The quantitative estimate of drug-likeness (QED) is 0.280. The molecule has 3 N–H and O–H groups in total. The predicted octanol–water partition coefficient (Wildman–Crippen LogP) is 2.76. The number of amides is 2. The fourth-order valence-corrected chi connectivity index (χ4v) is 8.27. The molecule has 2 aromatic carbocycles. The minimum atomic E-state index is -2.98. The van der Waals surface area contributed by atoms with Crippen LogP contribution in [0.3, 0.4) is 0 Å². The summed E-state index contributed by atoms with van der Waals surface area (Å²) in [6.45, 7) is 5.49. The number of carbonyl (C=O) groups excluding carboxylic acids is 2. The summed E-state index contributed by atoms with van der Waals surface area (Å²) >= 11 is 0. The highest BCUT2D eigenvalue weighted by atomic mass is 28.4. The average molecular weight is 514 g/mol. The predicted molar refractivity (Wildman–Crippen MR) is 134 cm³/mol. The van der Waals surface area contributed by atoms with Gasteiger partial charge in [0.1, 0.15) is 0 Å². The lowest BCUT2D eigenvalue weighted by molar-refractivity contribution is -0.385. The van der Waals surface area contributed by atoms with Gasteiger partial charge in [0.15, 0.2) is 13.9 Å². The first-order chi connectivity index (χ1) is 17.0. The Balaban J connectivity index is 1.68. The molecule has 1 spiro atoms. The molecule has 2 amide bonds. The third-order valence-corrected chi connectivity index (χ3v) is 9.75. The molecule has 0 aliphatic carbocycles. The number of fused-ring (bicyclic) bond motifs is 2. The zero-order valence-corrected chi connectivity index (χ0v) is 21.5. The fourth-order valence-electron chi connectivity index (χ4n) is 5.72. The van der Waals surface area contributed by atoms with Gasteiger partial charge in [-0.1, -0.05) is 37.3 Å². The maximum absolute atomic E-state index is 13.4. The number of nitro groups is 1. The van der Waals surface area contributed by atoms with Crippen molar-refractivity contribution in [3.8, 4) is 0 Å². The molecule has 0 bridgehead atoms. The number of non-ortho nitro benzene ring substituents is 1. The number of carbonyl (C=O) groups is 2. The highest BCUT2D eigenvalue weighted by molar-refractivity contribution is 6.71. The largest absolute Gasteiger partial charge is 0.432 e. The first-order valence-corrected chi connectivity index (χ1v) is 14.9. The number of nitro benzene ring substituents is 1. The Morgan fingerprint density at radius 1 is 1.25 bits per heavy atom. The van der Waals surface area contributed by atoms with Gasteiger partial charge in [-0.05, 0) is 24.7 Å². The van der Waals surface area contributed by atoms with E-state index in [1.54, 1.807) is 20.0 Å². The molecule has 11 heteroatoms. The van der Waals surface area contributed by atoms with Crippen molar-refractivity contribution in [3.63, 3.8) is 0 Å². The summed E-state index contributed by atoms with van der Waals surface area (Å²) in [5.74, 6) is -1.27. The van der Waals surface area contributed by atoms with Gasteiger partial charge in [0, 0.05) is 47.9 Å². The van der Waals surface area contributed by atoms with E-state index in [4.69, 9.17) is 4.74 Å². The lowest BCUT2D eigenvalue weighted by atomic mass is 9.82. The van der Waals surface area contributed by atoms with Crippen molar-refractivity contribution >= 4 is 31.5 Å². The molecule has 4 atom stereocenters. The van der Waals surface area contributed by atoms with Crippen molar-refractivity contribution in [2.75, 3.05) is 18.5 Å². The summed E-state index contributed by atoms with van der Waals surface area (Å²) < 4.78 is 6.41. The van der Waals surface area contributed by atoms with Gasteiger partial charge >= 0.3 is 0 Å². The SMILES string of the molecule is C[C@@H]1[C@@H]([Si](C)(C)O)[C@H](CC(=O)N(CCO)Cc2ccccc2)O[C@@]12C(=O)Nc1ccc([N+](=O)[O-])cc12. The molecule has 0 radical (unpaired) electrons. The number of nitrogens with zero attached hydrogens (tertiary/aromatic N) is 2. The van der Waals surface area contributed by atoms with E-state index in [0.29, 0.717) is 17.8 Å². The Labute approximate surface area is 210 Å². The van der Waals surface area contributed by atoms with Crippen LogP contribution in [0.25, 0.3) is 0 Å². The standard InChI is InChI=1S/C25H31N3O7Si/c1-16-23(36(2,3)34)21(14-22(30)27(11-12-29)15-17-7-5-4-6-8-17)35-25(16)19-13-18(28(32)33)9-10-20(19)26-24(25)31/h4-10,13,16,21,23,29,34H,11-12,14-15H2,1-3H3,(H,26,31)/t16-,21+,23-,25+/m1/s1. The van der Waals surface area contributed by atoms with Crippen LogP contribution < -0.4 is 5.32 Å². The van der Waals surface area contributed by atoms with Crippen LogP contribution in [0.4, 0.5) is 11.4 Å². The molecule has 1 fully saturated rings. The van der Waals surface area contributed by atoms with Crippen molar-refractivity contribution in [2.45, 2.75) is 50.2 Å². The van der Waals surface area contributed by atoms with Crippen LogP contribution in [0, 0.1) is 16.0 Å². The lowest BCUT2D eigenvalue weighted by Gasteiger charge is -2.32. The van der Waals surface area contributed by atoms with Crippen molar-refractivity contribution in [3.05, 3.63) is 69.8 Å². The van der Waals surface area contributed by atoms with Crippen LogP contribution in [0.15, 0.2) is 48.5 Å².